The summed E-state index contributed by atoms with van der Waals surface area (Å²) in [7, 11) is 0. The summed E-state index contributed by atoms with van der Waals surface area (Å²) in [5, 5.41) is 8.29. The van der Waals surface area contributed by atoms with Crippen LogP contribution in [0, 0.1) is 0 Å². The molecule has 0 aliphatic rings. The van der Waals surface area contributed by atoms with Gasteiger partial charge in [-0.2, -0.15) is 0 Å². The van der Waals surface area contributed by atoms with Crippen molar-refractivity contribution in [2.24, 2.45) is 0 Å². The van der Waals surface area contributed by atoms with Gasteiger partial charge in [-0.1, -0.05) is 71.1 Å². The maximum Gasteiger partial charge on any atom is 0.248 e. The van der Waals surface area contributed by atoms with Crippen molar-refractivity contribution in [1.29, 1.82) is 0 Å². The van der Waals surface area contributed by atoms with Crippen LogP contribution < -0.4 is 0 Å². The molecule has 0 amide bonds. The number of nitrogens with zero attached hydrogens (tertiary/aromatic N) is 2. The van der Waals surface area contributed by atoms with E-state index in [0.717, 1.165) is 26.7 Å². The fourth-order valence-corrected chi connectivity index (χ4v) is 2.76. The van der Waals surface area contributed by atoms with Gasteiger partial charge in [0.15, 0.2) is 0 Å². The van der Waals surface area contributed by atoms with Crippen LogP contribution in [0.3, 0.4) is 0 Å². The molecule has 0 atom stereocenters. The van der Waals surface area contributed by atoms with E-state index in [1.165, 1.54) is 0 Å². The van der Waals surface area contributed by atoms with Gasteiger partial charge in [-0.25, -0.2) is 0 Å². The molecule has 0 spiro atoms. The summed E-state index contributed by atoms with van der Waals surface area (Å²) in [6.07, 6.45) is 5.69. The molecule has 4 heteroatoms. The number of halogens is 1. The van der Waals surface area contributed by atoms with Gasteiger partial charge in [0.2, 0.25) is 11.8 Å². The molecule has 0 saturated heterocycles. The zero-order chi connectivity index (χ0) is 17.6. The minimum atomic E-state index is 0.508. The minimum absolute atomic E-state index is 0.508. The molecule has 1 heterocycles. The lowest BCUT2D eigenvalue weighted by Crippen LogP contribution is -1.84. The van der Waals surface area contributed by atoms with Crippen LogP contribution in [0.2, 0.25) is 0 Å². The minimum Gasteiger partial charge on any atom is -0.416 e. The fourth-order valence-electron chi connectivity index (χ4n) is 2.40. The highest BCUT2D eigenvalue weighted by Crippen LogP contribution is 2.28. The van der Waals surface area contributed by atoms with Gasteiger partial charge in [0.05, 0.1) is 0 Å². The molecule has 0 aliphatic carbocycles. The molecule has 2 aromatic carbocycles. The van der Waals surface area contributed by atoms with Gasteiger partial charge in [-0.15, -0.1) is 10.2 Å². The van der Waals surface area contributed by atoms with Gasteiger partial charge >= 0.3 is 0 Å². The number of benzene rings is 2. The average molecular weight is 393 g/mol. The van der Waals surface area contributed by atoms with E-state index in [-0.39, 0.29) is 0 Å². The third kappa shape index (κ3) is 4.03. The van der Waals surface area contributed by atoms with E-state index >= 15 is 0 Å². The van der Waals surface area contributed by atoms with Crippen molar-refractivity contribution in [2.75, 3.05) is 0 Å². The normalized spacial score (nSPS) is 12.2. The molecule has 0 radical (unpaired) electrons. The predicted octanol–water partition coefficient (Wildman–Crippen LogP) is 6.27. The van der Waals surface area contributed by atoms with Crippen LogP contribution in [0.5, 0.6) is 0 Å². The smallest absolute Gasteiger partial charge is 0.248 e. The molecule has 0 N–H and O–H groups in total. The van der Waals surface area contributed by atoms with Crippen LogP contribution in [-0.2, 0) is 0 Å². The van der Waals surface area contributed by atoms with Crippen LogP contribution in [0.4, 0.5) is 0 Å². The van der Waals surface area contributed by atoms with Crippen LogP contribution >= 0.6 is 15.9 Å². The second-order valence-corrected chi connectivity index (χ2v) is 6.59. The van der Waals surface area contributed by atoms with Gasteiger partial charge in [-0.05, 0) is 46.8 Å². The molecule has 0 saturated carbocycles. The first-order valence-electron chi connectivity index (χ1n) is 7.84. The second-order valence-electron chi connectivity index (χ2n) is 5.40. The van der Waals surface area contributed by atoms with Crippen LogP contribution in [0.15, 0.2) is 88.3 Å². The highest BCUT2D eigenvalue weighted by molar-refractivity contribution is 9.11. The Kier molecular flexibility index (Phi) is 5.41. The number of rotatable bonds is 5. The molecule has 0 aliphatic heterocycles. The van der Waals surface area contributed by atoms with E-state index in [2.05, 4.69) is 32.7 Å². The van der Waals surface area contributed by atoms with Gasteiger partial charge in [0.25, 0.3) is 0 Å². The SMILES string of the molecule is C=C/C=C\C(=C(/C)Br)c1ccc(-c2nnc(-c3ccccc3)o2)cc1. The van der Waals surface area contributed by atoms with Gasteiger partial charge in [-0.3, -0.25) is 0 Å². The summed E-state index contributed by atoms with van der Waals surface area (Å²) >= 11 is 3.55. The number of hydrogen-bond acceptors (Lipinski definition) is 3. The van der Waals surface area contributed by atoms with Crippen molar-refractivity contribution in [1.82, 2.24) is 10.2 Å². The van der Waals surface area contributed by atoms with E-state index < -0.39 is 0 Å². The molecule has 0 unspecified atom stereocenters. The standard InChI is InChI=1S/C21H17BrN2O/c1-3-4-10-19(15(2)22)16-11-13-18(14-12-16)21-24-23-20(25-21)17-8-6-5-7-9-17/h3-14H,1H2,2H3/b10-4-,19-15-. The first-order chi connectivity index (χ1) is 12.2. The summed E-state index contributed by atoms with van der Waals surface area (Å²) in [4.78, 5) is 0. The van der Waals surface area contributed by atoms with E-state index in [4.69, 9.17) is 4.42 Å². The Balaban J connectivity index is 1.88. The van der Waals surface area contributed by atoms with E-state index in [1.54, 1.807) is 6.08 Å². The fraction of sp³-hybridized carbons (Fsp3) is 0.0476. The van der Waals surface area contributed by atoms with E-state index in [1.807, 2.05) is 73.7 Å². The Morgan fingerprint density at radius 2 is 1.56 bits per heavy atom. The monoisotopic (exact) mass is 392 g/mol. The molecule has 0 fully saturated rings. The topological polar surface area (TPSA) is 38.9 Å². The maximum atomic E-state index is 5.80. The summed E-state index contributed by atoms with van der Waals surface area (Å²) < 4.78 is 6.86. The van der Waals surface area contributed by atoms with Gasteiger partial charge < -0.3 is 4.42 Å². The van der Waals surface area contributed by atoms with E-state index in [9.17, 15) is 0 Å². The lowest BCUT2D eigenvalue weighted by atomic mass is 10.0. The zero-order valence-electron chi connectivity index (χ0n) is 13.8. The first-order valence-corrected chi connectivity index (χ1v) is 8.63. The lowest BCUT2D eigenvalue weighted by molar-refractivity contribution is 0.584. The third-order valence-corrected chi connectivity index (χ3v) is 4.09. The molecule has 3 rings (SSSR count). The van der Waals surface area contributed by atoms with Crippen molar-refractivity contribution < 1.29 is 4.42 Å². The molecule has 0 bridgehead atoms. The van der Waals surface area contributed by atoms with Crippen LogP contribution in [0.25, 0.3) is 28.5 Å². The summed E-state index contributed by atoms with van der Waals surface area (Å²) in [6.45, 7) is 5.73. The molecule has 1 aromatic heterocycles. The average Bonchev–Trinajstić information content (AvgIpc) is 3.13. The Morgan fingerprint density at radius 3 is 2.12 bits per heavy atom. The molecule has 124 valence electrons. The second kappa shape index (κ2) is 7.90. The van der Waals surface area contributed by atoms with Crippen molar-refractivity contribution in [3.63, 3.8) is 0 Å². The van der Waals surface area contributed by atoms with Crippen LogP contribution in [0.1, 0.15) is 12.5 Å². The zero-order valence-corrected chi connectivity index (χ0v) is 15.4. The first kappa shape index (κ1) is 17.1. The predicted molar refractivity (Wildman–Crippen MR) is 106 cm³/mol. The summed E-state index contributed by atoms with van der Waals surface area (Å²) in [6, 6.07) is 17.8. The summed E-state index contributed by atoms with van der Waals surface area (Å²) in [5.74, 6) is 1.03. The highest BCUT2D eigenvalue weighted by Gasteiger charge is 2.10. The number of aromatic nitrogens is 2. The van der Waals surface area contributed by atoms with E-state index in [0.29, 0.717) is 11.8 Å². The molecular formula is C21H17BrN2O. The number of allylic oxidation sites excluding steroid dienone is 5. The number of hydrogen-bond donors (Lipinski definition) is 0. The Labute approximate surface area is 155 Å². The van der Waals surface area contributed by atoms with Crippen molar-refractivity contribution in [2.45, 2.75) is 6.92 Å². The third-order valence-electron chi connectivity index (χ3n) is 3.66. The largest absolute Gasteiger partial charge is 0.416 e. The van der Waals surface area contributed by atoms with Crippen molar-refractivity contribution in [3.05, 3.63) is 89.5 Å². The van der Waals surface area contributed by atoms with Crippen molar-refractivity contribution in [3.8, 4) is 22.9 Å². The summed E-state index contributed by atoms with van der Waals surface area (Å²) in [5.41, 5.74) is 3.99. The molecule has 25 heavy (non-hydrogen) atoms. The van der Waals surface area contributed by atoms with Crippen LogP contribution in [-0.4, -0.2) is 10.2 Å². The molecule has 3 nitrogen and oxygen atoms in total. The highest BCUT2D eigenvalue weighted by atomic mass is 79.9. The van der Waals surface area contributed by atoms with Gasteiger partial charge in [0.1, 0.15) is 0 Å². The Hall–Kier alpha value is -2.72. The van der Waals surface area contributed by atoms with Crippen molar-refractivity contribution >= 4 is 21.5 Å². The van der Waals surface area contributed by atoms with Gasteiger partial charge in [0, 0.05) is 11.1 Å². The lowest BCUT2D eigenvalue weighted by Gasteiger charge is -2.05. The quantitative estimate of drug-likeness (QED) is 0.480. The molecule has 3 aromatic rings. The molecular weight excluding hydrogens is 376 g/mol. The maximum absolute atomic E-state index is 5.80. The Morgan fingerprint density at radius 1 is 0.960 bits per heavy atom. The Bertz CT molecular complexity index is 918.